The van der Waals surface area contributed by atoms with Crippen molar-refractivity contribution in [2.75, 3.05) is 0 Å². The van der Waals surface area contributed by atoms with E-state index >= 15 is 0 Å². The first-order valence-electron chi connectivity index (χ1n) is 6.21. The van der Waals surface area contributed by atoms with Gasteiger partial charge in [0.05, 0.1) is 18.6 Å². The van der Waals surface area contributed by atoms with Crippen molar-refractivity contribution in [2.45, 2.75) is 25.8 Å². The van der Waals surface area contributed by atoms with E-state index in [2.05, 4.69) is 43.7 Å². The van der Waals surface area contributed by atoms with Crippen molar-refractivity contribution in [3.05, 3.63) is 39.8 Å². The highest BCUT2D eigenvalue weighted by molar-refractivity contribution is 9.10. The fourth-order valence-corrected chi connectivity index (χ4v) is 3.23. The van der Waals surface area contributed by atoms with Gasteiger partial charge in [-0.2, -0.15) is 5.26 Å². The zero-order chi connectivity index (χ0) is 13.6. The molecule has 1 aromatic carbocycles. The molecule has 1 fully saturated rings. The second-order valence-electron chi connectivity index (χ2n) is 5.10. The molecule has 0 saturated heterocycles. The first kappa shape index (κ1) is 12.3. The van der Waals surface area contributed by atoms with E-state index in [9.17, 15) is 0 Å². The number of fused-ring (bicyclic) bond motifs is 1. The van der Waals surface area contributed by atoms with Gasteiger partial charge in [-0.15, -0.1) is 0 Å². The maximum Gasteiger partial charge on any atom is 0.190 e. The Morgan fingerprint density at radius 2 is 2.21 bits per heavy atom. The summed E-state index contributed by atoms with van der Waals surface area (Å²) in [6.45, 7) is 9.16. The maximum absolute atomic E-state index is 8.88. The number of aromatic nitrogens is 1. The standard InChI is InChI=1S/C15H12BrN3/c1-9-3-15-12(6-14(9)18-2)13(16)8-19(15)11-4-10(5-11)7-17/h3,6,8,10-11H,4-5H2,1H3. The van der Waals surface area contributed by atoms with Gasteiger partial charge in [0.25, 0.3) is 0 Å². The number of nitriles is 1. The van der Waals surface area contributed by atoms with Crippen molar-refractivity contribution in [2.24, 2.45) is 5.92 Å². The second kappa shape index (κ2) is 4.40. The van der Waals surface area contributed by atoms with Gasteiger partial charge < -0.3 is 4.57 Å². The lowest BCUT2D eigenvalue weighted by Crippen LogP contribution is -2.25. The van der Waals surface area contributed by atoms with E-state index in [1.54, 1.807) is 0 Å². The number of nitrogens with zero attached hydrogens (tertiary/aromatic N) is 3. The summed E-state index contributed by atoms with van der Waals surface area (Å²) >= 11 is 3.57. The summed E-state index contributed by atoms with van der Waals surface area (Å²) in [6, 6.07) is 6.75. The molecule has 1 aliphatic carbocycles. The van der Waals surface area contributed by atoms with E-state index in [1.165, 1.54) is 0 Å². The number of benzene rings is 1. The summed E-state index contributed by atoms with van der Waals surface area (Å²) in [7, 11) is 0. The average molecular weight is 314 g/mol. The fourth-order valence-electron chi connectivity index (χ4n) is 2.69. The van der Waals surface area contributed by atoms with Gasteiger partial charge in [-0.3, -0.25) is 0 Å². The van der Waals surface area contributed by atoms with Crippen LogP contribution in [0.2, 0.25) is 0 Å². The van der Waals surface area contributed by atoms with E-state index in [0.717, 1.165) is 33.8 Å². The Morgan fingerprint density at radius 3 is 2.84 bits per heavy atom. The van der Waals surface area contributed by atoms with Gasteiger partial charge in [0, 0.05) is 27.6 Å². The molecule has 1 saturated carbocycles. The molecule has 1 aromatic heterocycles. The molecule has 19 heavy (non-hydrogen) atoms. The summed E-state index contributed by atoms with van der Waals surface area (Å²) in [5.74, 6) is 0.199. The highest BCUT2D eigenvalue weighted by Gasteiger charge is 2.31. The van der Waals surface area contributed by atoms with Crippen molar-refractivity contribution < 1.29 is 0 Å². The fraction of sp³-hybridized carbons (Fsp3) is 0.333. The minimum atomic E-state index is 0.199. The SMILES string of the molecule is [C-]#[N+]c1cc2c(Br)cn(C3CC(C#N)C3)c2cc1C. The molecule has 3 rings (SSSR count). The number of aryl methyl sites for hydroxylation is 1. The summed E-state index contributed by atoms with van der Waals surface area (Å²) in [6.07, 6.45) is 3.93. The molecular formula is C15H12BrN3. The van der Waals surface area contributed by atoms with Gasteiger partial charge in [-0.05, 0) is 53.4 Å². The van der Waals surface area contributed by atoms with Crippen LogP contribution < -0.4 is 0 Å². The van der Waals surface area contributed by atoms with E-state index in [-0.39, 0.29) is 5.92 Å². The summed E-state index contributed by atoms with van der Waals surface area (Å²) in [4.78, 5) is 3.55. The third kappa shape index (κ3) is 1.84. The Balaban J connectivity index is 2.11. The lowest BCUT2D eigenvalue weighted by molar-refractivity contribution is 0.254. The Bertz CT molecular complexity index is 739. The molecule has 1 aliphatic rings. The molecule has 0 atom stereocenters. The zero-order valence-corrected chi connectivity index (χ0v) is 12.1. The maximum atomic E-state index is 8.88. The molecule has 94 valence electrons. The number of hydrogen-bond donors (Lipinski definition) is 0. The van der Waals surface area contributed by atoms with E-state index in [4.69, 9.17) is 11.8 Å². The molecule has 0 radical (unpaired) electrons. The molecule has 0 N–H and O–H groups in total. The van der Waals surface area contributed by atoms with Crippen molar-refractivity contribution in [1.29, 1.82) is 5.26 Å². The van der Waals surface area contributed by atoms with Crippen LogP contribution in [0.4, 0.5) is 5.69 Å². The highest BCUT2D eigenvalue weighted by atomic mass is 79.9. The van der Waals surface area contributed by atoms with Crippen LogP contribution in [0.1, 0.15) is 24.4 Å². The lowest BCUT2D eigenvalue weighted by atomic mass is 9.81. The Labute approximate surface area is 120 Å². The molecule has 2 aromatic rings. The molecule has 0 spiro atoms. The van der Waals surface area contributed by atoms with Crippen LogP contribution in [-0.2, 0) is 0 Å². The van der Waals surface area contributed by atoms with Crippen molar-refractivity contribution in [1.82, 2.24) is 4.57 Å². The first-order valence-corrected chi connectivity index (χ1v) is 7.01. The molecule has 3 nitrogen and oxygen atoms in total. The Kier molecular flexibility index (Phi) is 2.84. The van der Waals surface area contributed by atoms with E-state index in [0.29, 0.717) is 11.7 Å². The topological polar surface area (TPSA) is 33.1 Å². The van der Waals surface area contributed by atoms with Gasteiger partial charge in [0.1, 0.15) is 0 Å². The summed E-state index contributed by atoms with van der Waals surface area (Å²) in [5, 5.41) is 9.96. The van der Waals surface area contributed by atoms with Gasteiger partial charge in [0.15, 0.2) is 5.69 Å². The van der Waals surface area contributed by atoms with Crippen LogP contribution in [0.3, 0.4) is 0 Å². The number of hydrogen-bond acceptors (Lipinski definition) is 1. The molecule has 0 unspecified atom stereocenters. The Hall–Kier alpha value is -1.78. The monoisotopic (exact) mass is 313 g/mol. The van der Waals surface area contributed by atoms with E-state index in [1.807, 2.05) is 13.0 Å². The minimum absolute atomic E-state index is 0.199. The van der Waals surface area contributed by atoms with Crippen LogP contribution in [0.15, 0.2) is 22.8 Å². The Morgan fingerprint density at radius 1 is 1.47 bits per heavy atom. The van der Waals surface area contributed by atoms with Crippen LogP contribution in [0.25, 0.3) is 15.7 Å². The normalized spacial score (nSPS) is 21.7. The average Bonchev–Trinajstić information content (AvgIpc) is 2.64. The van der Waals surface area contributed by atoms with Crippen LogP contribution >= 0.6 is 15.9 Å². The largest absolute Gasteiger partial charge is 0.343 e. The lowest BCUT2D eigenvalue weighted by Gasteiger charge is -2.32. The predicted molar refractivity (Wildman–Crippen MR) is 78.0 cm³/mol. The molecule has 0 amide bonds. The van der Waals surface area contributed by atoms with Crippen molar-refractivity contribution >= 4 is 32.5 Å². The van der Waals surface area contributed by atoms with Crippen LogP contribution in [-0.4, -0.2) is 4.57 Å². The summed E-state index contributed by atoms with van der Waals surface area (Å²) < 4.78 is 3.27. The summed E-state index contributed by atoms with van der Waals surface area (Å²) in [5.41, 5.74) is 2.86. The number of halogens is 1. The quantitative estimate of drug-likeness (QED) is 0.700. The molecular weight excluding hydrogens is 302 g/mol. The van der Waals surface area contributed by atoms with Gasteiger partial charge in [0.2, 0.25) is 0 Å². The molecule has 1 heterocycles. The number of rotatable bonds is 1. The predicted octanol–water partition coefficient (Wildman–Crippen LogP) is 4.74. The third-order valence-electron chi connectivity index (χ3n) is 3.91. The molecule has 0 bridgehead atoms. The van der Waals surface area contributed by atoms with Crippen molar-refractivity contribution in [3.63, 3.8) is 0 Å². The third-order valence-corrected chi connectivity index (χ3v) is 4.54. The minimum Gasteiger partial charge on any atom is -0.343 e. The van der Waals surface area contributed by atoms with Crippen LogP contribution in [0.5, 0.6) is 0 Å². The van der Waals surface area contributed by atoms with Crippen LogP contribution in [0, 0.1) is 30.7 Å². The molecule has 0 aliphatic heterocycles. The van der Waals surface area contributed by atoms with Gasteiger partial charge in [-0.25, -0.2) is 4.85 Å². The smallest absolute Gasteiger partial charge is 0.190 e. The first-order chi connectivity index (χ1) is 9.13. The van der Waals surface area contributed by atoms with Gasteiger partial charge >= 0.3 is 0 Å². The van der Waals surface area contributed by atoms with Crippen molar-refractivity contribution in [3.8, 4) is 6.07 Å². The second-order valence-corrected chi connectivity index (χ2v) is 5.96. The van der Waals surface area contributed by atoms with E-state index < -0.39 is 0 Å². The highest BCUT2D eigenvalue weighted by Crippen LogP contribution is 2.42. The zero-order valence-electron chi connectivity index (χ0n) is 10.5. The molecule has 4 heteroatoms. The van der Waals surface area contributed by atoms with Gasteiger partial charge in [-0.1, -0.05) is 0 Å².